The van der Waals surface area contributed by atoms with Crippen LogP contribution < -0.4 is 5.32 Å². The highest BCUT2D eigenvalue weighted by Crippen LogP contribution is 2.07. The number of carbonyl (C=O) groups excluding carboxylic acids is 1. The fourth-order valence-corrected chi connectivity index (χ4v) is 1.66. The monoisotopic (exact) mass is 269 g/mol. The van der Waals surface area contributed by atoms with E-state index in [1.165, 1.54) is 6.20 Å². The predicted octanol–water partition coefficient (Wildman–Crippen LogP) is 1.07. The van der Waals surface area contributed by atoms with Crippen molar-refractivity contribution in [3.8, 4) is 11.8 Å². The minimum absolute atomic E-state index is 0.0473. The maximum Gasteiger partial charge on any atom is 0.269 e. The van der Waals surface area contributed by atoms with Crippen molar-refractivity contribution < 1.29 is 9.90 Å². The highest BCUT2D eigenvalue weighted by molar-refractivity contribution is 5.92. The molecule has 5 heteroatoms. The molecular weight excluding hydrogens is 254 g/mol. The van der Waals surface area contributed by atoms with E-state index in [2.05, 4.69) is 27.4 Å². The molecule has 3 N–H and O–H groups in total. The molecule has 0 radical (unpaired) electrons. The Kier molecular flexibility index (Phi) is 4.93. The molecule has 0 saturated heterocycles. The summed E-state index contributed by atoms with van der Waals surface area (Å²) in [5.41, 5.74) is 2.21. The number of benzene rings is 1. The van der Waals surface area contributed by atoms with Crippen LogP contribution in [0.5, 0.6) is 0 Å². The Labute approximate surface area is 117 Å². The van der Waals surface area contributed by atoms with Crippen molar-refractivity contribution in [2.24, 2.45) is 0 Å². The molecule has 1 heterocycles. The maximum atomic E-state index is 11.8. The van der Waals surface area contributed by atoms with E-state index in [4.69, 9.17) is 5.11 Å². The van der Waals surface area contributed by atoms with Crippen LogP contribution in [-0.4, -0.2) is 27.8 Å². The van der Waals surface area contributed by atoms with E-state index < -0.39 is 0 Å². The molecule has 0 aliphatic carbocycles. The summed E-state index contributed by atoms with van der Waals surface area (Å²) in [4.78, 5) is 11.8. The Hall–Kier alpha value is -2.58. The van der Waals surface area contributed by atoms with Gasteiger partial charge in [0.15, 0.2) is 0 Å². The third kappa shape index (κ3) is 3.70. The minimum atomic E-state index is -0.208. The van der Waals surface area contributed by atoms with Crippen LogP contribution in [0.1, 0.15) is 28.0 Å². The SMILES string of the molecule is O=C(NCc1ccccc1C#CCCO)c1ccn[nH]1. The number of rotatable bonds is 4. The van der Waals surface area contributed by atoms with Gasteiger partial charge in [0.1, 0.15) is 5.69 Å². The second kappa shape index (κ2) is 7.12. The highest BCUT2D eigenvalue weighted by Gasteiger charge is 2.07. The summed E-state index contributed by atoms with van der Waals surface area (Å²) in [6, 6.07) is 9.21. The lowest BCUT2D eigenvalue weighted by Gasteiger charge is -2.06. The molecule has 0 aliphatic heterocycles. The molecule has 5 nitrogen and oxygen atoms in total. The van der Waals surface area contributed by atoms with Gasteiger partial charge < -0.3 is 10.4 Å². The van der Waals surface area contributed by atoms with Crippen molar-refractivity contribution in [1.29, 1.82) is 0 Å². The van der Waals surface area contributed by atoms with Gasteiger partial charge in [0, 0.05) is 24.7 Å². The highest BCUT2D eigenvalue weighted by atomic mass is 16.2. The Bertz CT molecular complexity index is 624. The summed E-state index contributed by atoms with van der Waals surface area (Å²) in [6.07, 6.45) is 1.97. The Balaban J connectivity index is 2.03. The molecule has 20 heavy (non-hydrogen) atoms. The summed E-state index contributed by atoms with van der Waals surface area (Å²) in [7, 11) is 0. The average Bonchev–Trinajstić information content (AvgIpc) is 3.00. The van der Waals surface area contributed by atoms with E-state index in [1.807, 2.05) is 24.3 Å². The fraction of sp³-hybridized carbons (Fsp3) is 0.200. The molecule has 0 saturated carbocycles. The first-order valence-corrected chi connectivity index (χ1v) is 6.26. The van der Waals surface area contributed by atoms with Crippen molar-refractivity contribution in [2.75, 3.05) is 6.61 Å². The first kappa shape index (κ1) is 13.8. The first-order chi connectivity index (χ1) is 9.81. The summed E-state index contributed by atoms with van der Waals surface area (Å²) < 4.78 is 0. The number of aromatic amines is 1. The zero-order valence-electron chi connectivity index (χ0n) is 10.9. The number of nitrogens with zero attached hydrogens (tertiary/aromatic N) is 1. The van der Waals surface area contributed by atoms with Gasteiger partial charge in [-0.25, -0.2) is 0 Å². The Morgan fingerprint density at radius 2 is 2.20 bits per heavy atom. The number of hydrogen-bond donors (Lipinski definition) is 3. The van der Waals surface area contributed by atoms with Crippen LogP contribution in [0.3, 0.4) is 0 Å². The predicted molar refractivity (Wildman–Crippen MR) is 74.8 cm³/mol. The second-order valence-electron chi connectivity index (χ2n) is 4.09. The lowest BCUT2D eigenvalue weighted by molar-refractivity contribution is 0.0946. The maximum absolute atomic E-state index is 11.8. The number of aromatic nitrogens is 2. The molecule has 0 spiro atoms. The van der Waals surface area contributed by atoms with Gasteiger partial charge in [0.25, 0.3) is 5.91 Å². The van der Waals surface area contributed by atoms with Gasteiger partial charge in [-0.3, -0.25) is 9.89 Å². The molecule has 0 fully saturated rings. The molecule has 2 rings (SSSR count). The number of hydrogen-bond acceptors (Lipinski definition) is 3. The molecule has 1 amide bonds. The van der Waals surface area contributed by atoms with Crippen molar-refractivity contribution in [1.82, 2.24) is 15.5 Å². The van der Waals surface area contributed by atoms with Gasteiger partial charge >= 0.3 is 0 Å². The second-order valence-corrected chi connectivity index (χ2v) is 4.09. The van der Waals surface area contributed by atoms with Gasteiger partial charge in [-0.2, -0.15) is 5.10 Å². The zero-order valence-corrected chi connectivity index (χ0v) is 10.9. The third-order valence-electron chi connectivity index (χ3n) is 2.66. The standard InChI is InChI=1S/C15H15N3O2/c19-10-4-3-6-12-5-1-2-7-13(12)11-16-15(20)14-8-9-17-18-14/h1-2,5,7-9,19H,4,10-11H2,(H,16,20)(H,17,18). The number of H-pyrrole nitrogens is 1. The molecule has 0 unspecified atom stereocenters. The summed E-state index contributed by atoms with van der Waals surface area (Å²) in [6.45, 7) is 0.438. The molecule has 0 bridgehead atoms. The van der Waals surface area contributed by atoms with Crippen LogP contribution in [0.25, 0.3) is 0 Å². The molecule has 102 valence electrons. The normalized spacial score (nSPS) is 9.65. The number of amides is 1. The van der Waals surface area contributed by atoms with Gasteiger partial charge in [-0.1, -0.05) is 30.0 Å². The molecule has 0 aliphatic rings. The van der Waals surface area contributed by atoms with Crippen LogP contribution in [0.15, 0.2) is 36.5 Å². The van der Waals surface area contributed by atoms with Crippen LogP contribution >= 0.6 is 0 Å². The number of nitrogens with one attached hydrogen (secondary N) is 2. The lowest BCUT2D eigenvalue weighted by atomic mass is 10.1. The Morgan fingerprint density at radius 1 is 1.35 bits per heavy atom. The summed E-state index contributed by atoms with van der Waals surface area (Å²) >= 11 is 0. The number of aliphatic hydroxyl groups excluding tert-OH is 1. The van der Waals surface area contributed by atoms with E-state index in [9.17, 15) is 4.79 Å². The quantitative estimate of drug-likeness (QED) is 0.727. The molecule has 0 atom stereocenters. The van der Waals surface area contributed by atoms with E-state index in [0.717, 1.165) is 11.1 Å². The lowest BCUT2D eigenvalue weighted by Crippen LogP contribution is -2.23. The third-order valence-corrected chi connectivity index (χ3v) is 2.66. The van der Waals surface area contributed by atoms with E-state index in [-0.39, 0.29) is 12.5 Å². The average molecular weight is 269 g/mol. The minimum Gasteiger partial charge on any atom is -0.395 e. The van der Waals surface area contributed by atoms with Gasteiger partial charge in [-0.05, 0) is 17.7 Å². The van der Waals surface area contributed by atoms with Gasteiger partial charge in [-0.15, -0.1) is 0 Å². The van der Waals surface area contributed by atoms with Crippen molar-refractivity contribution in [3.05, 3.63) is 53.3 Å². The number of carbonyl (C=O) groups is 1. The van der Waals surface area contributed by atoms with E-state index in [0.29, 0.717) is 18.7 Å². The molecule has 2 aromatic rings. The molecule has 1 aromatic carbocycles. The van der Waals surface area contributed by atoms with E-state index in [1.54, 1.807) is 6.07 Å². The van der Waals surface area contributed by atoms with Crippen molar-refractivity contribution in [3.63, 3.8) is 0 Å². The summed E-state index contributed by atoms with van der Waals surface area (Å²) in [5.74, 6) is 5.66. The largest absolute Gasteiger partial charge is 0.395 e. The topological polar surface area (TPSA) is 78.0 Å². The van der Waals surface area contributed by atoms with Crippen LogP contribution in [-0.2, 0) is 6.54 Å². The van der Waals surface area contributed by atoms with Gasteiger partial charge in [0.2, 0.25) is 0 Å². The molecular formula is C15H15N3O2. The van der Waals surface area contributed by atoms with Crippen molar-refractivity contribution >= 4 is 5.91 Å². The summed E-state index contributed by atoms with van der Waals surface area (Å²) in [5, 5.41) is 17.9. The van der Waals surface area contributed by atoms with E-state index >= 15 is 0 Å². The number of aliphatic hydroxyl groups is 1. The van der Waals surface area contributed by atoms with Crippen molar-refractivity contribution in [2.45, 2.75) is 13.0 Å². The first-order valence-electron chi connectivity index (χ1n) is 6.26. The van der Waals surface area contributed by atoms with Gasteiger partial charge in [0.05, 0.1) is 6.61 Å². The molecule has 1 aromatic heterocycles. The zero-order chi connectivity index (χ0) is 14.2. The van der Waals surface area contributed by atoms with Crippen LogP contribution in [0.4, 0.5) is 0 Å². The Morgan fingerprint density at radius 3 is 2.95 bits per heavy atom. The van der Waals surface area contributed by atoms with Crippen LogP contribution in [0, 0.1) is 11.8 Å². The fourth-order valence-electron chi connectivity index (χ4n) is 1.66. The smallest absolute Gasteiger partial charge is 0.269 e. The van der Waals surface area contributed by atoms with Crippen LogP contribution in [0.2, 0.25) is 0 Å².